The Morgan fingerprint density at radius 3 is 1.83 bits per heavy atom. The molecule has 148 valence electrons. The zero-order valence-electron chi connectivity index (χ0n) is 16.5. The monoisotopic (exact) mass is 388 g/mol. The van der Waals surface area contributed by atoms with E-state index in [4.69, 9.17) is 4.74 Å². The van der Waals surface area contributed by atoms with Crippen molar-refractivity contribution in [1.82, 2.24) is 9.47 Å². The Labute approximate surface area is 169 Å². The number of carbonyl (C=O) groups excluding carboxylic acids is 2. The first-order chi connectivity index (χ1) is 14.2. The first kappa shape index (κ1) is 17.4. The second-order valence-electron chi connectivity index (χ2n) is 8.42. The van der Waals surface area contributed by atoms with E-state index in [0.717, 1.165) is 63.4 Å². The third kappa shape index (κ3) is 2.54. The molecular weight excluding hydrogens is 364 g/mol. The minimum Gasteiger partial charge on any atom is -0.379 e. The van der Waals surface area contributed by atoms with Gasteiger partial charge in [-0.3, -0.25) is 14.5 Å². The van der Waals surface area contributed by atoms with Gasteiger partial charge in [-0.25, -0.2) is 0 Å². The molecule has 3 aromatic rings. The largest absolute Gasteiger partial charge is 0.379 e. The quantitative estimate of drug-likeness (QED) is 0.690. The first-order valence-electron chi connectivity index (χ1n) is 10.7. The summed E-state index contributed by atoms with van der Waals surface area (Å²) >= 11 is 0. The summed E-state index contributed by atoms with van der Waals surface area (Å²) in [6, 6.07) is 8.28. The molecule has 29 heavy (non-hydrogen) atoms. The minimum absolute atomic E-state index is 0.250. The van der Waals surface area contributed by atoms with Crippen LogP contribution >= 0.6 is 0 Å². The first-order valence-corrected chi connectivity index (χ1v) is 10.7. The van der Waals surface area contributed by atoms with Crippen LogP contribution in [-0.2, 0) is 24.1 Å². The molecule has 2 aromatic carbocycles. The topological polar surface area (TPSA) is 51.5 Å². The van der Waals surface area contributed by atoms with Gasteiger partial charge in [-0.05, 0) is 48.2 Å². The highest BCUT2D eigenvalue weighted by molar-refractivity contribution is 6.18. The molecule has 2 heterocycles. The molecule has 0 saturated carbocycles. The summed E-state index contributed by atoms with van der Waals surface area (Å²) in [4.78, 5) is 27.2. The van der Waals surface area contributed by atoms with Crippen LogP contribution in [0.4, 0.5) is 0 Å². The van der Waals surface area contributed by atoms with Crippen LogP contribution in [0.2, 0.25) is 0 Å². The molecule has 5 nitrogen and oxygen atoms in total. The number of rotatable bonds is 3. The van der Waals surface area contributed by atoms with Crippen molar-refractivity contribution in [3.63, 3.8) is 0 Å². The maximum Gasteiger partial charge on any atom is 0.163 e. The van der Waals surface area contributed by atoms with Crippen molar-refractivity contribution in [2.45, 2.75) is 32.2 Å². The van der Waals surface area contributed by atoms with Gasteiger partial charge in [0.25, 0.3) is 0 Å². The van der Waals surface area contributed by atoms with Crippen LogP contribution in [0.3, 0.4) is 0 Å². The average Bonchev–Trinajstić information content (AvgIpc) is 3.41. The molecule has 1 fully saturated rings. The molecule has 5 heteroatoms. The molecule has 3 aliphatic rings. The molecule has 2 aliphatic carbocycles. The SMILES string of the molecule is O=C1CCc2c1ccc1c2c2c3c(ccc2n1CCN1CCOCC1)C(=O)CC3. The van der Waals surface area contributed by atoms with Gasteiger partial charge in [0.15, 0.2) is 11.6 Å². The maximum absolute atomic E-state index is 12.4. The second kappa shape index (κ2) is 6.51. The average molecular weight is 388 g/mol. The van der Waals surface area contributed by atoms with Gasteiger partial charge >= 0.3 is 0 Å². The predicted octanol–water partition coefficient (Wildman–Crippen LogP) is 3.38. The summed E-state index contributed by atoms with van der Waals surface area (Å²) in [5.41, 5.74) is 6.55. The summed E-state index contributed by atoms with van der Waals surface area (Å²) in [7, 11) is 0. The summed E-state index contributed by atoms with van der Waals surface area (Å²) in [5, 5.41) is 2.44. The Bertz CT molecular complexity index is 1100. The molecule has 0 spiro atoms. The molecule has 1 saturated heterocycles. The Balaban J connectivity index is 1.57. The molecule has 0 amide bonds. The van der Waals surface area contributed by atoms with E-state index in [1.165, 1.54) is 32.9 Å². The highest BCUT2D eigenvalue weighted by Crippen LogP contribution is 2.41. The van der Waals surface area contributed by atoms with Crippen molar-refractivity contribution in [3.8, 4) is 0 Å². The van der Waals surface area contributed by atoms with E-state index in [2.05, 4.69) is 21.6 Å². The standard InChI is InChI=1S/C24H24N2O3/c27-21-7-3-17-15(21)1-5-19-23(17)24-18-4-8-22(28)16(18)2-6-20(24)26(19)10-9-25-11-13-29-14-12-25/h1-2,5-6H,3-4,7-14H2. The van der Waals surface area contributed by atoms with Crippen molar-refractivity contribution < 1.29 is 14.3 Å². The van der Waals surface area contributed by atoms with Crippen LogP contribution in [0.15, 0.2) is 24.3 Å². The molecule has 1 aromatic heterocycles. The van der Waals surface area contributed by atoms with Crippen molar-refractivity contribution in [2.75, 3.05) is 32.8 Å². The number of morpholine rings is 1. The van der Waals surface area contributed by atoms with Crippen molar-refractivity contribution in [1.29, 1.82) is 0 Å². The van der Waals surface area contributed by atoms with Gasteiger partial charge in [-0.1, -0.05) is 0 Å². The molecular formula is C24H24N2O3. The van der Waals surface area contributed by atoms with Gasteiger partial charge < -0.3 is 9.30 Å². The molecule has 0 N–H and O–H groups in total. The van der Waals surface area contributed by atoms with E-state index in [9.17, 15) is 9.59 Å². The van der Waals surface area contributed by atoms with Crippen LogP contribution in [0, 0.1) is 0 Å². The number of hydrogen-bond acceptors (Lipinski definition) is 4. The Morgan fingerprint density at radius 2 is 1.28 bits per heavy atom. The lowest BCUT2D eigenvalue weighted by atomic mass is 9.98. The highest BCUT2D eigenvalue weighted by Gasteiger charge is 2.29. The van der Waals surface area contributed by atoms with Gasteiger partial charge in [-0.2, -0.15) is 0 Å². The third-order valence-electron chi connectivity index (χ3n) is 6.96. The fourth-order valence-electron chi connectivity index (χ4n) is 5.50. The number of ether oxygens (including phenoxy) is 1. The molecule has 0 unspecified atom stereocenters. The summed E-state index contributed by atoms with van der Waals surface area (Å²) in [6.45, 7) is 5.44. The lowest BCUT2D eigenvalue weighted by Gasteiger charge is -2.27. The van der Waals surface area contributed by atoms with Crippen LogP contribution in [0.1, 0.15) is 44.7 Å². The zero-order valence-corrected chi connectivity index (χ0v) is 16.5. The number of aryl methyl sites for hydroxylation is 2. The number of hydrogen-bond donors (Lipinski definition) is 0. The van der Waals surface area contributed by atoms with E-state index in [1.54, 1.807) is 0 Å². The Morgan fingerprint density at radius 1 is 0.724 bits per heavy atom. The number of aromatic nitrogens is 1. The van der Waals surface area contributed by atoms with Crippen LogP contribution in [0.5, 0.6) is 0 Å². The fraction of sp³-hybridized carbons (Fsp3) is 0.417. The van der Waals surface area contributed by atoms with Gasteiger partial charge in [0.2, 0.25) is 0 Å². The third-order valence-corrected chi connectivity index (χ3v) is 6.96. The van der Waals surface area contributed by atoms with E-state index >= 15 is 0 Å². The van der Waals surface area contributed by atoms with E-state index in [1.807, 2.05) is 12.1 Å². The molecule has 0 radical (unpaired) electrons. The van der Waals surface area contributed by atoms with Crippen molar-refractivity contribution >= 4 is 33.4 Å². The maximum atomic E-state index is 12.4. The van der Waals surface area contributed by atoms with Crippen molar-refractivity contribution in [3.05, 3.63) is 46.5 Å². The van der Waals surface area contributed by atoms with Crippen LogP contribution < -0.4 is 0 Å². The zero-order chi connectivity index (χ0) is 19.5. The number of carbonyl (C=O) groups is 2. The number of benzene rings is 2. The van der Waals surface area contributed by atoms with E-state index in [0.29, 0.717) is 12.8 Å². The van der Waals surface area contributed by atoms with Gasteiger partial charge in [-0.15, -0.1) is 0 Å². The summed E-state index contributed by atoms with van der Waals surface area (Å²) < 4.78 is 7.89. The van der Waals surface area contributed by atoms with Crippen LogP contribution in [0.25, 0.3) is 21.8 Å². The normalized spacial score (nSPS) is 19.4. The smallest absolute Gasteiger partial charge is 0.163 e. The number of ketones is 2. The molecule has 1 aliphatic heterocycles. The van der Waals surface area contributed by atoms with Crippen LogP contribution in [-0.4, -0.2) is 53.9 Å². The lowest BCUT2D eigenvalue weighted by molar-refractivity contribution is 0.0366. The minimum atomic E-state index is 0.250. The summed E-state index contributed by atoms with van der Waals surface area (Å²) in [5.74, 6) is 0.500. The fourth-order valence-corrected chi connectivity index (χ4v) is 5.50. The second-order valence-corrected chi connectivity index (χ2v) is 8.42. The lowest BCUT2D eigenvalue weighted by Crippen LogP contribution is -2.38. The van der Waals surface area contributed by atoms with Gasteiger partial charge in [0.1, 0.15) is 0 Å². The predicted molar refractivity (Wildman–Crippen MR) is 112 cm³/mol. The van der Waals surface area contributed by atoms with E-state index < -0.39 is 0 Å². The number of nitrogens with zero attached hydrogens (tertiary/aromatic N) is 2. The van der Waals surface area contributed by atoms with Gasteiger partial charge in [0.05, 0.1) is 13.2 Å². The number of Topliss-reactive ketones (excluding diaryl/α,β-unsaturated/α-hetero) is 2. The molecule has 6 rings (SSSR count). The molecule has 0 bridgehead atoms. The van der Waals surface area contributed by atoms with E-state index in [-0.39, 0.29) is 11.6 Å². The van der Waals surface area contributed by atoms with Gasteiger partial charge in [0, 0.05) is 72.0 Å². The summed E-state index contributed by atoms with van der Waals surface area (Å²) in [6.07, 6.45) is 2.82. The molecule has 0 atom stereocenters. The Kier molecular flexibility index (Phi) is 3.90. The van der Waals surface area contributed by atoms with Crippen molar-refractivity contribution in [2.24, 2.45) is 0 Å². The highest BCUT2D eigenvalue weighted by atomic mass is 16.5. The number of fused-ring (bicyclic) bond motifs is 7. The Hall–Kier alpha value is -2.50.